The van der Waals surface area contributed by atoms with Gasteiger partial charge in [-0.2, -0.15) is 0 Å². The fourth-order valence-corrected chi connectivity index (χ4v) is 5.76. The van der Waals surface area contributed by atoms with Gasteiger partial charge in [-0.25, -0.2) is 22.4 Å². The van der Waals surface area contributed by atoms with Crippen LogP contribution in [-0.4, -0.2) is 18.2 Å². The first-order chi connectivity index (χ1) is 19.1. The fourth-order valence-electron chi connectivity index (χ4n) is 3.62. The van der Waals surface area contributed by atoms with E-state index >= 15 is 0 Å². The molecule has 3 nitrogen and oxygen atoms in total. The maximum absolute atomic E-state index is 14.0. The van der Waals surface area contributed by atoms with Crippen molar-refractivity contribution in [2.24, 2.45) is 0 Å². The molecule has 1 unspecified atom stereocenters. The average molecular weight is 564 g/mol. The Kier molecular flexibility index (Phi) is 8.97. The summed E-state index contributed by atoms with van der Waals surface area (Å²) in [6, 6.07) is 21.4. The van der Waals surface area contributed by atoms with Crippen LogP contribution < -0.4 is 4.74 Å². The summed E-state index contributed by atoms with van der Waals surface area (Å²) in [7, 11) is -1.24. The molecule has 40 heavy (non-hydrogen) atoms. The number of halogens is 4. The molecule has 0 aliphatic rings. The molecule has 0 aliphatic carbocycles. The highest BCUT2D eigenvalue weighted by molar-refractivity contribution is 7.97. The molecule has 1 atom stereocenters. The van der Waals surface area contributed by atoms with Crippen LogP contribution in [0.2, 0.25) is 0 Å². The van der Waals surface area contributed by atoms with Crippen LogP contribution in [0.1, 0.15) is 12.5 Å². The minimum absolute atomic E-state index is 0.195. The second kappa shape index (κ2) is 12.6. The molecule has 0 fully saturated rings. The summed E-state index contributed by atoms with van der Waals surface area (Å²) in [5.74, 6) is 2.18. The summed E-state index contributed by atoms with van der Waals surface area (Å²) < 4.78 is 67.1. The molecule has 4 aromatic rings. The van der Waals surface area contributed by atoms with Crippen molar-refractivity contribution in [1.29, 1.82) is 0 Å². The number of hydrogen-bond donors (Lipinski definition) is 0. The van der Waals surface area contributed by atoms with Crippen molar-refractivity contribution < 1.29 is 31.8 Å². The molecule has 4 rings (SSSR count). The Bertz CT molecular complexity index is 1490. The molecule has 0 radical (unpaired) electrons. The Hall–Kier alpha value is -4.48. The van der Waals surface area contributed by atoms with Crippen LogP contribution in [0.4, 0.5) is 17.6 Å². The third-order valence-electron chi connectivity index (χ3n) is 5.50. The predicted octanol–water partition coefficient (Wildman–Crippen LogP) is 7.26. The molecule has 8 heteroatoms. The van der Waals surface area contributed by atoms with Gasteiger partial charge >= 0.3 is 5.97 Å². The highest BCUT2D eigenvalue weighted by Crippen LogP contribution is 2.34. The van der Waals surface area contributed by atoms with Gasteiger partial charge in [-0.15, -0.1) is 0 Å². The van der Waals surface area contributed by atoms with Crippen molar-refractivity contribution in [2.75, 3.05) is 6.61 Å². The van der Waals surface area contributed by atoms with Crippen molar-refractivity contribution in [3.63, 3.8) is 0 Å². The van der Waals surface area contributed by atoms with Crippen molar-refractivity contribution in [2.45, 2.75) is 27.2 Å². The zero-order chi connectivity index (χ0) is 28.7. The summed E-state index contributed by atoms with van der Waals surface area (Å²) in [5.41, 5.74) is -0.487. The van der Waals surface area contributed by atoms with Crippen LogP contribution in [0.5, 0.6) is 5.75 Å². The molecular weight excluding hydrogens is 540 g/mol. The van der Waals surface area contributed by atoms with Crippen LogP contribution in [-0.2, 0) is 20.4 Å². The highest BCUT2D eigenvalue weighted by Gasteiger charge is 2.31. The topological polar surface area (TPSA) is 35.5 Å². The highest BCUT2D eigenvalue weighted by atomic mass is 32.2. The number of carbonyl (C=O) groups is 1. The van der Waals surface area contributed by atoms with Gasteiger partial charge < -0.3 is 9.47 Å². The number of rotatable bonds is 8. The summed E-state index contributed by atoms with van der Waals surface area (Å²) in [4.78, 5) is 13.4. The largest absolute Gasteiger partial charge is 0.482 e. The summed E-state index contributed by atoms with van der Waals surface area (Å²) in [6.07, 6.45) is 1.42. The number of benzene rings is 4. The van der Waals surface area contributed by atoms with Crippen LogP contribution in [0.25, 0.3) is 0 Å². The summed E-state index contributed by atoms with van der Waals surface area (Å²) >= 11 is 0. The Morgan fingerprint density at radius 1 is 0.825 bits per heavy atom. The van der Waals surface area contributed by atoms with E-state index in [-0.39, 0.29) is 9.79 Å². The minimum atomic E-state index is -1.24. The Balaban J connectivity index is 1.50. The van der Waals surface area contributed by atoms with Gasteiger partial charge in [0.15, 0.2) is 26.9 Å². The molecule has 0 bridgehead atoms. The normalized spacial score (nSPS) is 12.2. The SMILES string of the molecule is C=CC(C)(C#Cc1ccccc1)OC(=O)COc1ccc([S+](c2cc(F)cc(F)c2)c2cc(F)cc(F)c2)cc1. The average Bonchev–Trinajstić information content (AvgIpc) is 2.91. The number of esters is 1. The summed E-state index contributed by atoms with van der Waals surface area (Å²) in [6.45, 7) is 4.88. The van der Waals surface area contributed by atoms with Gasteiger partial charge in [0.2, 0.25) is 0 Å². The van der Waals surface area contributed by atoms with E-state index in [1.54, 1.807) is 19.1 Å². The van der Waals surface area contributed by atoms with E-state index in [1.165, 1.54) is 18.2 Å². The molecular formula is C32H23F4O3S+. The standard InChI is InChI=1S/C32H23F4O3S/c1-3-32(2,14-13-22-7-5-4-6-8-22)39-31(37)21-38-27-9-11-28(12-10-27)40(29-17-23(33)15-24(34)18-29)30-19-25(35)16-26(36)20-30/h3-12,15-20H,1,21H2,2H3/q+1. The number of ether oxygens (including phenoxy) is 2. The van der Waals surface area contributed by atoms with Gasteiger partial charge in [0, 0.05) is 42.0 Å². The van der Waals surface area contributed by atoms with Crippen LogP contribution >= 0.6 is 0 Å². The number of carbonyl (C=O) groups excluding carboxylic acids is 1. The molecule has 0 amide bonds. The van der Waals surface area contributed by atoms with Crippen molar-refractivity contribution in [1.82, 2.24) is 0 Å². The van der Waals surface area contributed by atoms with E-state index in [4.69, 9.17) is 9.47 Å². The second-order valence-corrected chi connectivity index (χ2v) is 10.7. The van der Waals surface area contributed by atoms with Crippen molar-refractivity contribution >= 4 is 16.9 Å². The van der Waals surface area contributed by atoms with Gasteiger partial charge in [0.05, 0.1) is 10.9 Å². The van der Waals surface area contributed by atoms with E-state index < -0.39 is 52.3 Å². The van der Waals surface area contributed by atoms with Crippen LogP contribution in [0, 0.1) is 35.1 Å². The first kappa shape index (κ1) is 28.5. The van der Waals surface area contributed by atoms with E-state index in [1.807, 2.05) is 30.3 Å². The quantitative estimate of drug-likeness (QED) is 0.0745. The monoisotopic (exact) mass is 563 g/mol. The maximum Gasteiger partial charge on any atom is 0.345 e. The Morgan fingerprint density at radius 3 is 1.85 bits per heavy atom. The maximum atomic E-state index is 14.0. The van der Waals surface area contributed by atoms with Gasteiger partial charge in [-0.1, -0.05) is 30.7 Å². The lowest BCUT2D eigenvalue weighted by atomic mass is 10.1. The molecule has 0 heterocycles. The van der Waals surface area contributed by atoms with Gasteiger partial charge in [-0.3, -0.25) is 0 Å². The summed E-state index contributed by atoms with van der Waals surface area (Å²) in [5, 5.41) is 0. The smallest absolute Gasteiger partial charge is 0.345 e. The molecule has 0 saturated carbocycles. The Morgan fingerprint density at radius 2 is 1.35 bits per heavy atom. The molecule has 0 spiro atoms. The zero-order valence-corrected chi connectivity index (χ0v) is 22.1. The zero-order valence-electron chi connectivity index (χ0n) is 21.3. The molecule has 0 saturated heterocycles. The molecule has 0 aromatic heterocycles. The molecule has 202 valence electrons. The number of hydrogen-bond acceptors (Lipinski definition) is 3. The Labute approximate surface area is 232 Å². The first-order valence-corrected chi connectivity index (χ1v) is 13.2. The lowest BCUT2D eigenvalue weighted by Gasteiger charge is -2.20. The minimum Gasteiger partial charge on any atom is -0.482 e. The van der Waals surface area contributed by atoms with Crippen molar-refractivity contribution in [3.05, 3.63) is 132 Å². The molecule has 0 N–H and O–H groups in total. The van der Waals surface area contributed by atoms with E-state index in [0.29, 0.717) is 10.6 Å². The first-order valence-electron chi connectivity index (χ1n) is 12.0. The van der Waals surface area contributed by atoms with Crippen LogP contribution in [0.15, 0.2) is 118 Å². The lowest BCUT2D eigenvalue weighted by Crippen LogP contribution is -2.30. The second-order valence-electron chi connectivity index (χ2n) is 8.68. The van der Waals surface area contributed by atoms with Crippen molar-refractivity contribution in [3.8, 4) is 17.6 Å². The van der Waals surface area contributed by atoms with Gasteiger partial charge in [0.1, 0.15) is 29.0 Å². The van der Waals surface area contributed by atoms with E-state index in [2.05, 4.69) is 18.4 Å². The third-order valence-corrected chi connectivity index (χ3v) is 7.66. The molecule has 0 aliphatic heterocycles. The molecule has 4 aromatic carbocycles. The predicted molar refractivity (Wildman–Crippen MR) is 145 cm³/mol. The third kappa shape index (κ3) is 7.55. The van der Waals surface area contributed by atoms with Crippen LogP contribution in [0.3, 0.4) is 0 Å². The van der Waals surface area contributed by atoms with E-state index in [9.17, 15) is 22.4 Å². The fraction of sp³-hybridized carbons (Fsp3) is 0.0938. The van der Waals surface area contributed by atoms with Gasteiger partial charge in [0.25, 0.3) is 0 Å². The van der Waals surface area contributed by atoms with E-state index in [0.717, 1.165) is 42.0 Å². The lowest BCUT2D eigenvalue weighted by molar-refractivity contribution is -0.152. The van der Waals surface area contributed by atoms with Gasteiger partial charge in [-0.05, 0) is 55.3 Å².